The van der Waals surface area contributed by atoms with Crippen LogP contribution in [0.5, 0.6) is 0 Å². The Balaban J connectivity index is 2.07. The van der Waals surface area contributed by atoms with Crippen molar-refractivity contribution in [2.45, 2.75) is 38.7 Å². The number of nitro benzene ring substituents is 1. The molecule has 1 aromatic rings. The lowest BCUT2D eigenvalue weighted by Crippen LogP contribution is -2.45. The maximum absolute atomic E-state index is 12.3. The number of carbonyl (C=O) groups is 2. The van der Waals surface area contributed by atoms with Gasteiger partial charge in [0.15, 0.2) is 5.78 Å². The zero-order valence-corrected chi connectivity index (χ0v) is 13.4. The molecule has 0 N–H and O–H groups in total. The van der Waals surface area contributed by atoms with E-state index in [1.807, 2.05) is 0 Å². The van der Waals surface area contributed by atoms with E-state index < -0.39 is 22.5 Å². The molecular formula is C16H20N2O5. The number of rotatable bonds is 2. The highest BCUT2D eigenvalue weighted by atomic mass is 16.6. The van der Waals surface area contributed by atoms with Crippen molar-refractivity contribution in [3.8, 4) is 0 Å². The van der Waals surface area contributed by atoms with Gasteiger partial charge in [-0.15, -0.1) is 0 Å². The smallest absolute Gasteiger partial charge is 0.410 e. The van der Waals surface area contributed by atoms with Crippen LogP contribution in [-0.2, 0) is 9.53 Å². The Hall–Kier alpha value is -2.44. The minimum atomic E-state index is -0.614. The third kappa shape index (κ3) is 4.28. The molecule has 7 heteroatoms. The summed E-state index contributed by atoms with van der Waals surface area (Å²) in [5, 5.41) is 10.8. The van der Waals surface area contributed by atoms with E-state index in [-0.39, 0.29) is 18.0 Å². The fourth-order valence-corrected chi connectivity index (χ4v) is 2.51. The number of likely N-dealkylation sites (tertiary alicyclic amines) is 1. The fourth-order valence-electron chi connectivity index (χ4n) is 2.51. The SMILES string of the molecule is CC(C)(C)OC(=O)N1CCC(c2cccc([N+](=O)[O-])c2)C(=O)C1. The molecule has 0 aliphatic carbocycles. The highest BCUT2D eigenvalue weighted by molar-refractivity contribution is 5.91. The molecule has 1 unspecified atom stereocenters. The predicted molar refractivity (Wildman–Crippen MR) is 83.3 cm³/mol. The van der Waals surface area contributed by atoms with Crippen LogP contribution in [0.1, 0.15) is 38.7 Å². The Morgan fingerprint density at radius 1 is 1.39 bits per heavy atom. The van der Waals surface area contributed by atoms with E-state index in [1.54, 1.807) is 32.9 Å². The first kappa shape index (κ1) is 16.9. The molecule has 23 heavy (non-hydrogen) atoms. The Kier molecular flexibility index (Phi) is 4.68. The molecular weight excluding hydrogens is 300 g/mol. The number of hydrogen-bond donors (Lipinski definition) is 0. The number of amides is 1. The van der Waals surface area contributed by atoms with Gasteiger partial charge in [0, 0.05) is 24.6 Å². The molecule has 124 valence electrons. The molecule has 1 fully saturated rings. The van der Waals surface area contributed by atoms with Gasteiger partial charge in [0.05, 0.1) is 11.5 Å². The number of ketones is 1. The zero-order valence-electron chi connectivity index (χ0n) is 13.4. The number of benzene rings is 1. The fraction of sp³-hybridized carbons (Fsp3) is 0.500. The topological polar surface area (TPSA) is 89.8 Å². The van der Waals surface area contributed by atoms with Gasteiger partial charge in [-0.1, -0.05) is 12.1 Å². The highest BCUT2D eigenvalue weighted by Gasteiger charge is 2.33. The van der Waals surface area contributed by atoms with Gasteiger partial charge >= 0.3 is 6.09 Å². The van der Waals surface area contributed by atoms with Crippen LogP contribution in [0.2, 0.25) is 0 Å². The van der Waals surface area contributed by atoms with Crippen molar-refractivity contribution in [3.05, 3.63) is 39.9 Å². The van der Waals surface area contributed by atoms with Gasteiger partial charge in [0.25, 0.3) is 5.69 Å². The van der Waals surface area contributed by atoms with Crippen molar-refractivity contribution < 1.29 is 19.2 Å². The molecule has 0 saturated carbocycles. The number of nitro groups is 1. The highest BCUT2D eigenvalue weighted by Crippen LogP contribution is 2.28. The molecule has 1 heterocycles. The summed E-state index contributed by atoms with van der Waals surface area (Å²) in [6.07, 6.45) is -0.0810. The first-order chi connectivity index (χ1) is 10.7. The van der Waals surface area contributed by atoms with Crippen LogP contribution < -0.4 is 0 Å². The average molecular weight is 320 g/mol. The van der Waals surface area contributed by atoms with Crippen LogP contribution >= 0.6 is 0 Å². The third-order valence-electron chi connectivity index (χ3n) is 3.56. The number of non-ortho nitro benzene ring substituents is 1. The normalized spacial score (nSPS) is 18.7. The summed E-state index contributed by atoms with van der Waals surface area (Å²) in [4.78, 5) is 36.1. The Bertz CT molecular complexity index is 636. The van der Waals surface area contributed by atoms with Crippen molar-refractivity contribution in [1.82, 2.24) is 4.90 Å². The minimum Gasteiger partial charge on any atom is -0.444 e. The van der Waals surface area contributed by atoms with Crippen LogP contribution in [0.25, 0.3) is 0 Å². The zero-order chi connectivity index (χ0) is 17.2. The van der Waals surface area contributed by atoms with Gasteiger partial charge < -0.3 is 9.64 Å². The maximum Gasteiger partial charge on any atom is 0.410 e. The van der Waals surface area contributed by atoms with E-state index in [2.05, 4.69) is 0 Å². The van der Waals surface area contributed by atoms with Crippen LogP contribution in [0.15, 0.2) is 24.3 Å². The summed E-state index contributed by atoms with van der Waals surface area (Å²) in [5.74, 6) is -0.559. The maximum atomic E-state index is 12.3. The summed E-state index contributed by atoms with van der Waals surface area (Å²) in [5.41, 5.74) is -0.0327. The Labute approximate surface area is 134 Å². The van der Waals surface area contributed by atoms with Crippen molar-refractivity contribution in [3.63, 3.8) is 0 Å². The summed E-state index contributed by atoms with van der Waals surface area (Å²) >= 11 is 0. The van der Waals surface area contributed by atoms with E-state index in [9.17, 15) is 19.7 Å². The largest absolute Gasteiger partial charge is 0.444 e. The quantitative estimate of drug-likeness (QED) is 0.617. The molecule has 1 saturated heterocycles. The predicted octanol–water partition coefficient (Wildman–Crippen LogP) is 2.89. The lowest BCUT2D eigenvalue weighted by molar-refractivity contribution is -0.384. The summed E-state index contributed by atoms with van der Waals surface area (Å²) in [6, 6.07) is 6.09. The van der Waals surface area contributed by atoms with E-state index in [4.69, 9.17) is 4.74 Å². The van der Waals surface area contributed by atoms with Crippen molar-refractivity contribution >= 4 is 17.6 Å². The molecule has 0 radical (unpaired) electrons. The van der Waals surface area contributed by atoms with E-state index in [1.165, 1.54) is 17.0 Å². The van der Waals surface area contributed by atoms with Crippen molar-refractivity contribution in [2.24, 2.45) is 0 Å². The molecule has 1 atom stereocenters. The number of Topliss-reactive ketones (excluding diaryl/α,β-unsaturated/α-hetero) is 1. The van der Waals surface area contributed by atoms with Gasteiger partial charge in [0.2, 0.25) is 0 Å². The van der Waals surface area contributed by atoms with Gasteiger partial charge in [-0.25, -0.2) is 4.79 Å². The molecule has 7 nitrogen and oxygen atoms in total. The molecule has 1 aromatic carbocycles. The molecule has 1 amide bonds. The van der Waals surface area contributed by atoms with Gasteiger partial charge in [0.1, 0.15) is 5.60 Å². The van der Waals surface area contributed by atoms with Gasteiger partial charge in [-0.2, -0.15) is 0 Å². The molecule has 0 aromatic heterocycles. The standard InChI is InChI=1S/C16H20N2O5/c1-16(2,3)23-15(20)17-8-7-13(14(19)10-17)11-5-4-6-12(9-11)18(21)22/h4-6,9,13H,7-8,10H2,1-3H3. The summed E-state index contributed by atoms with van der Waals surface area (Å²) in [7, 11) is 0. The van der Waals surface area contributed by atoms with E-state index in [0.29, 0.717) is 18.5 Å². The van der Waals surface area contributed by atoms with E-state index in [0.717, 1.165) is 0 Å². The number of nitrogens with zero attached hydrogens (tertiary/aromatic N) is 2. The number of piperidine rings is 1. The number of carbonyl (C=O) groups excluding carboxylic acids is 2. The van der Waals surface area contributed by atoms with E-state index >= 15 is 0 Å². The molecule has 1 aliphatic heterocycles. The molecule has 0 spiro atoms. The average Bonchev–Trinajstić information content (AvgIpc) is 2.45. The lowest BCUT2D eigenvalue weighted by Gasteiger charge is -2.32. The molecule has 2 rings (SSSR count). The van der Waals surface area contributed by atoms with Crippen LogP contribution in [0.4, 0.5) is 10.5 Å². The van der Waals surface area contributed by atoms with Crippen LogP contribution in [0, 0.1) is 10.1 Å². The second-order valence-electron chi connectivity index (χ2n) is 6.56. The van der Waals surface area contributed by atoms with Gasteiger partial charge in [-0.3, -0.25) is 14.9 Å². The second-order valence-corrected chi connectivity index (χ2v) is 6.56. The molecule has 1 aliphatic rings. The monoisotopic (exact) mass is 320 g/mol. The van der Waals surface area contributed by atoms with Crippen LogP contribution in [-0.4, -0.2) is 40.4 Å². The van der Waals surface area contributed by atoms with Crippen LogP contribution in [0.3, 0.4) is 0 Å². The summed E-state index contributed by atoms with van der Waals surface area (Å²) in [6.45, 7) is 5.64. The second kappa shape index (κ2) is 6.36. The first-order valence-corrected chi connectivity index (χ1v) is 7.42. The summed E-state index contributed by atoms with van der Waals surface area (Å²) < 4.78 is 5.26. The minimum absolute atomic E-state index is 0.0372. The van der Waals surface area contributed by atoms with Crippen molar-refractivity contribution in [2.75, 3.05) is 13.1 Å². The molecule has 0 bridgehead atoms. The Morgan fingerprint density at radius 3 is 2.65 bits per heavy atom. The Morgan fingerprint density at radius 2 is 2.09 bits per heavy atom. The number of ether oxygens (including phenoxy) is 1. The first-order valence-electron chi connectivity index (χ1n) is 7.42. The third-order valence-corrected chi connectivity index (χ3v) is 3.56. The number of hydrogen-bond acceptors (Lipinski definition) is 5. The lowest BCUT2D eigenvalue weighted by atomic mass is 9.88. The van der Waals surface area contributed by atoms with Gasteiger partial charge in [-0.05, 0) is 32.8 Å². The van der Waals surface area contributed by atoms with Crippen molar-refractivity contribution in [1.29, 1.82) is 0 Å².